The zero-order valence-electron chi connectivity index (χ0n) is 24.3. The first-order valence-electron chi connectivity index (χ1n) is 14.1. The number of nitrogens with zero attached hydrogens (tertiary/aromatic N) is 4. The molecule has 2 aromatic heterocycles. The molecule has 0 saturated carbocycles. The fraction of sp³-hybridized carbons (Fsp3) is 0.167. The minimum absolute atomic E-state index is 0. The van der Waals surface area contributed by atoms with Crippen LogP contribution in [0.4, 0.5) is 0 Å². The second kappa shape index (κ2) is 10.9. The summed E-state index contributed by atoms with van der Waals surface area (Å²) in [6.45, 7) is 8.78. The standard InChI is InChI=1S/C36H32N4S2.Pt/c1-35(2)27-19-11-17-25(31(27)41)30-22-40(24-15-9-6-10-16-24)34(38-30)36(3,4)28-20-12-18-26(32(28)42)29-21-39(33(35)37-29)23-13-7-5-8-14-23;/h5-22,41-42H,1-4H3;/q;+2/p-2. The SMILES string of the molecule is CC1(C)c2cccc(c2[S-])-c2cn(-c3ccccc3)c(n2)C(C)(C)c2cccc(c2[S-])-c2cn(-c3ccccc3)c1n2.[Pt+2]. The molecular weight excluding hydrogens is 748 g/mol. The van der Waals surface area contributed by atoms with Crippen LogP contribution >= 0.6 is 0 Å². The van der Waals surface area contributed by atoms with E-state index in [4.69, 9.17) is 35.2 Å². The second-order valence-corrected chi connectivity index (χ2v) is 12.7. The number of hydrogen-bond acceptors (Lipinski definition) is 4. The van der Waals surface area contributed by atoms with Crippen molar-refractivity contribution in [2.75, 3.05) is 0 Å². The first-order valence-corrected chi connectivity index (χ1v) is 14.9. The quantitative estimate of drug-likeness (QED) is 0.166. The van der Waals surface area contributed by atoms with Crippen molar-refractivity contribution >= 4 is 25.3 Å². The van der Waals surface area contributed by atoms with E-state index < -0.39 is 10.8 Å². The van der Waals surface area contributed by atoms with E-state index >= 15 is 0 Å². The zero-order chi connectivity index (χ0) is 29.2. The third-order valence-corrected chi connectivity index (χ3v) is 9.41. The smallest absolute Gasteiger partial charge is 0.779 e. The predicted molar refractivity (Wildman–Crippen MR) is 174 cm³/mol. The normalized spacial score (nSPS) is 14.4. The van der Waals surface area contributed by atoms with Gasteiger partial charge in [0.15, 0.2) is 0 Å². The summed E-state index contributed by atoms with van der Waals surface area (Å²) in [5.74, 6) is 1.80. The number of aromatic nitrogens is 4. The molecule has 1 aliphatic heterocycles. The van der Waals surface area contributed by atoms with Crippen molar-refractivity contribution in [3.63, 3.8) is 0 Å². The van der Waals surface area contributed by atoms with E-state index in [0.29, 0.717) is 0 Å². The predicted octanol–water partition coefficient (Wildman–Crippen LogP) is 8.17. The van der Waals surface area contributed by atoms with Crippen LogP contribution in [-0.4, -0.2) is 19.1 Å². The summed E-state index contributed by atoms with van der Waals surface area (Å²) in [6, 6.07) is 33.3. The van der Waals surface area contributed by atoms with Crippen molar-refractivity contribution in [1.29, 1.82) is 0 Å². The van der Waals surface area contributed by atoms with Gasteiger partial charge >= 0.3 is 21.1 Å². The van der Waals surface area contributed by atoms with Gasteiger partial charge in [0.1, 0.15) is 11.6 Å². The van der Waals surface area contributed by atoms with Crippen LogP contribution in [0.25, 0.3) is 33.9 Å². The Morgan fingerprint density at radius 3 is 1.26 bits per heavy atom. The number of para-hydroxylation sites is 2. The fourth-order valence-electron chi connectivity index (χ4n) is 6.18. The van der Waals surface area contributed by atoms with Gasteiger partial charge in [0.25, 0.3) is 0 Å². The van der Waals surface area contributed by atoms with E-state index in [1.54, 1.807) is 0 Å². The summed E-state index contributed by atoms with van der Waals surface area (Å²) >= 11 is 12.5. The zero-order valence-corrected chi connectivity index (χ0v) is 28.2. The summed E-state index contributed by atoms with van der Waals surface area (Å²) in [7, 11) is 0. The minimum Gasteiger partial charge on any atom is -0.779 e. The molecule has 0 saturated heterocycles. The Kier molecular flexibility index (Phi) is 7.45. The average Bonchev–Trinajstić information content (AvgIpc) is 3.65. The first kappa shape index (κ1) is 29.5. The molecule has 0 aliphatic carbocycles. The van der Waals surface area contributed by atoms with E-state index in [1.165, 1.54) is 0 Å². The van der Waals surface area contributed by atoms with Crippen LogP contribution in [0.1, 0.15) is 50.5 Å². The molecule has 0 atom stereocenters. The number of imidazole rings is 2. The molecule has 216 valence electrons. The Bertz CT molecular complexity index is 1810. The average molecular weight is 778 g/mol. The van der Waals surface area contributed by atoms with E-state index in [1.807, 2.05) is 12.1 Å². The van der Waals surface area contributed by atoms with Crippen LogP contribution in [0.3, 0.4) is 0 Å². The van der Waals surface area contributed by atoms with Crippen LogP contribution < -0.4 is 0 Å². The van der Waals surface area contributed by atoms with Gasteiger partial charge in [-0.2, -0.15) is 9.79 Å². The molecule has 8 bridgehead atoms. The molecule has 4 nitrogen and oxygen atoms in total. The van der Waals surface area contributed by atoms with Crippen molar-refractivity contribution in [1.82, 2.24) is 19.1 Å². The van der Waals surface area contributed by atoms with Crippen LogP contribution in [0, 0.1) is 0 Å². The maximum absolute atomic E-state index is 6.26. The Balaban J connectivity index is 0.00000329. The molecule has 1 aliphatic rings. The molecular formula is C36H30N4PtS2. The van der Waals surface area contributed by atoms with Gasteiger partial charge in [0, 0.05) is 34.6 Å². The number of fused-ring (bicyclic) bond motifs is 10. The van der Waals surface area contributed by atoms with E-state index in [9.17, 15) is 0 Å². The fourth-order valence-corrected chi connectivity index (χ4v) is 7.17. The summed E-state index contributed by atoms with van der Waals surface area (Å²) in [5, 5.41) is 0. The molecule has 43 heavy (non-hydrogen) atoms. The van der Waals surface area contributed by atoms with Gasteiger partial charge in [-0.05, 0) is 63.1 Å². The molecule has 6 aromatic rings. The van der Waals surface area contributed by atoms with Gasteiger partial charge in [0.2, 0.25) is 0 Å². The number of hydrogen-bond donors (Lipinski definition) is 0. The third kappa shape index (κ3) is 4.68. The number of rotatable bonds is 2. The topological polar surface area (TPSA) is 35.6 Å². The maximum atomic E-state index is 6.26. The molecule has 7 heteroatoms. The summed E-state index contributed by atoms with van der Waals surface area (Å²) in [4.78, 5) is 12.2. The molecule has 0 N–H and O–H groups in total. The molecule has 3 heterocycles. The summed E-state index contributed by atoms with van der Waals surface area (Å²) in [5.41, 5.74) is 6.66. The van der Waals surface area contributed by atoms with Gasteiger partial charge in [-0.1, -0.05) is 83.9 Å². The van der Waals surface area contributed by atoms with Crippen molar-refractivity contribution in [3.8, 4) is 33.9 Å². The molecule has 0 amide bonds. The molecule has 0 unspecified atom stereocenters. The Morgan fingerprint density at radius 1 is 0.512 bits per heavy atom. The summed E-state index contributed by atoms with van der Waals surface area (Å²) < 4.78 is 4.37. The maximum Gasteiger partial charge on any atom is 2.00 e. The van der Waals surface area contributed by atoms with Crippen LogP contribution in [-0.2, 0) is 57.2 Å². The second-order valence-electron chi connectivity index (χ2n) is 11.9. The molecule has 0 spiro atoms. The van der Waals surface area contributed by atoms with Crippen molar-refractivity contribution in [3.05, 3.63) is 132 Å². The molecule has 4 aromatic carbocycles. The minimum atomic E-state index is -0.519. The van der Waals surface area contributed by atoms with E-state index in [2.05, 4.69) is 134 Å². The van der Waals surface area contributed by atoms with E-state index in [-0.39, 0.29) is 21.1 Å². The Morgan fingerprint density at radius 2 is 0.884 bits per heavy atom. The monoisotopic (exact) mass is 777 g/mol. The van der Waals surface area contributed by atoms with Crippen LogP contribution in [0.15, 0.2) is 119 Å². The molecule has 0 radical (unpaired) electrons. The van der Waals surface area contributed by atoms with Crippen LogP contribution in [0.5, 0.6) is 0 Å². The third-order valence-electron chi connectivity index (χ3n) is 8.53. The van der Waals surface area contributed by atoms with Crippen molar-refractivity contribution in [2.24, 2.45) is 0 Å². The Labute approximate surface area is 278 Å². The van der Waals surface area contributed by atoms with Gasteiger partial charge < -0.3 is 34.4 Å². The van der Waals surface area contributed by atoms with Gasteiger partial charge in [-0.15, -0.1) is 0 Å². The summed E-state index contributed by atoms with van der Waals surface area (Å²) in [6.07, 6.45) is 4.23. The largest absolute Gasteiger partial charge is 2.00 e. The molecule has 7 rings (SSSR count). The number of benzene rings is 4. The molecule has 0 fully saturated rings. The van der Waals surface area contributed by atoms with Crippen molar-refractivity contribution < 1.29 is 21.1 Å². The van der Waals surface area contributed by atoms with Crippen molar-refractivity contribution in [2.45, 2.75) is 48.3 Å². The van der Waals surface area contributed by atoms with Gasteiger partial charge in [-0.3, -0.25) is 0 Å². The Hall–Kier alpha value is -3.57. The van der Waals surface area contributed by atoms with Crippen LogP contribution in [0.2, 0.25) is 0 Å². The van der Waals surface area contributed by atoms with Gasteiger partial charge in [0.05, 0.1) is 11.4 Å². The first-order chi connectivity index (χ1) is 20.2. The van der Waals surface area contributed by atoms with E-state index in [0.717, 1.165) is 66.5 Å². The van der Waals surface area contributed by atoms with Gasteiger partial charge in [-0.25, -0.2) is 9.97 Å².